The highest BCUT2D eigenvalue weighted by Crippen LogP contribution is 1.97. The molecule has 0 amide bonds. The molecule has 14 heavy (non-hydrogen) atoms. The van der Waals surface area contributed by atoms with Gasteiger partial charge in [0, 0.05) is 5.92 Å². The topological polar surface area (TPSA) is 107 Å². The lowest BCUT2D eigenvalue weighted by Gasteiger charge is -2.09. The van der Waals surface area contributed by atoms with Gasteiger partial charge in [-0.3, -0.25) is 9.79 Å². The standard InChI is InChI=1S/C7H16N4O.C2H6/c1-4(2)6(12)5(8)3-11-7(9)10;1-2/h4-5H,3,8H2,1-2H3,(H4,9,10,11);1-2H3/t5-;/m1./s1. The fourth-order valence-electron chi connectivity index (χ4n) is 0.722. The first kappa shape index (κ1) is 15.4. The minimum Gasteiger partial charge on any atom is -0.370 e. The maximum atomic E-state index is 11.2. The minimum absolute atomic E-state index is 0.0278. The predicted octanol–water partition coefficient (Wildman–Crippen LogP) is -0.162. The smallest absolute Gasteiger partial charge is 0.185 e. The third-order valence-corrected chi connectivity index (χ3v) is 1.41. The molecule has 5 heteroatoms. The van der Waals surface area contributed by atoms with Crippen molar-refractivity contribution in [2.75, 3.05) is 6.54 Å². The van der Waals surface area contributed by atoms with Gasteiger partial charge in [-0.15, -0.1) is 0 Å². The van der Waals surface area contributed by atoms with Crippen LogP contribution in [0.15, 0.2) is 4.99 Å². The molecule has 0 heterocycles. The summed E-state index contributed by atoms with van der Waals surface area (Å²) in [5.74, 6) is -0.142. The first-order valence-corrected chi connectivity index (χ1v) is 4.79. The van der Waals surface area contributed by atoms with Crippen molar-refractivity contribution in [2.45, 2.75) is 33.7 Å². The highest BCUT2D eigenvalue weighted by Gasteiger charge is 2.15. The summed E-state index contributed by atoms with van der Waals surface area (Å²) in [6.45, 7) is 7.74. The number of hydrogen-bond donors (Lipinski definition) is 3. The lowest BCUT2D eigenvalue weighted by Crippen LogP contribution is -2.37. The van der Waals surface area contributed by atoms with Crippen LogP contribution in [0.3, 0.4) is 0 Å². The molecule has 0 radical (unpaired) electrons. The fourth-order valence-corrected chi connectivity index (χ4v) is 0.722. The Kier molecular flexibility index (Phi) is 9.33. The summed E-state index contributed by atoms with van der Waals surface area (Å²) in [7, 11) is 0. The maximum absolute atomic E-state index is 11.2. The maximum Gasteiger partial charge on any atom is 0.185 e. The Hall–Kier alpha value is -1.10. The summed E-state index contributed by atoms with van der Waals surface area (Å²) >= 11 is 0. The van der Waals surface area contributed by atoms with Crippen molar-refractivity contribution < 1.29 is 4.79 Å². The Balaban J connectivity index is 0. The van der Waals surface area contributed by atoms with E-state index in [1.165, 1.54) is 0 Å². The second kappa shape index (κ2) is 8.50. The van der Waals surface area contributed by atoms with Crippen LogP contribution in [0.5, 0.6) is 0 Å². The summed E-state index contributed by atoms with van der Waals surface area (Å²) in [6.07, 6.45) is 0. The zero-order chi connectivity index (χ0) is 11.7. The number of nitrogens with zero attached hydrogens (tertiary/aromatic N) is 1. The normalized spacial score (nSPS) is 11.3. The van der Waals surface area contributed by atoms with Gasteiger partial charge in [0.2, 0.25) is 0 Å². The molecule has 0 spiro atoms. The molecule has 0 unspecified atom stereocenters. The van der Waals surface area contributed by atoms with E-state index in [0.717, 1.165) is 0 Å². The molecule has 0 fully saturated rings. The van der Waals surface area contributed by atoms with Crippen LogP contribution in [0.25, 0.3) is 0 Å². The number of hydrogen-bond acceptors (Lipinski definition) is 3. The first-order chi connectivity index (χ1) is 6.45. The summed E-state index contributed by atoms with van der Waals surface area (Å²) in [5, 5.41) is 0. The van der Waals surface area contributed by atoms with Crippen LogP contribution >= 0.6 is 0 Å². The Morgan fingerprint density at radius 3 is 2.00 bits per heavy atom. The average molecular weight is 202 g/mol. The van der Waals surface area contributed by atoms with Crippen LogP contribution in [-0.2, 0) is 4.79 Å². The molecule has 0 aliphatic rings. The highest BCUT2D eigenvalue weighted by molar-refractivity contribution is 5.86. The summed E-state index contributed by atoms with van der Waals surface area (Å²) < 4.78 is 0. The van der Waals surface area contributed by atoms with E-state index >= 15 is 0 Å². The van der Waals surface area contributed by atoms with Gasteiger partial charge in [0.1, 0.15) is 0 Å². The molecule has 0 aromatic rings. The number of carbonyl (C=O) groups excluding carboxylic acids is 1. The second-order valence-electron chi connectivity index (χ2n) is 2.93. The Morgan fingerprint density at radius 2 is 1.71 bits per heavy atom. The fraction of sp³-hybridized carbons (Fsp3) is 0.778. The number of carbonyl (C=O) groups is 1. The van der Waals surface area contributed by atoms with Gasteiger partial charge in [0.15, 0.2) is 11.7 Å². The molecular formula is C9H22N4O. The van der Waals surface area contributed by atoms with Crippen molar-refractivity contribution in [2.24, 2.45) is 28.1 Å². The second-order valence-corrected chi connectivity index (χ2v) is 2.93. The van der Waals surface area contributed by atoms with E-state index in [-0.39, 0.29) is 24.2 Å². The van der Waals surface area contributed by atoms with Gasteiger partial charge in [-0.25, -0.2) is 0 Å². The average Bonchev–Trinajstić information content (AvgIpc) is 2.15. The molecular weight excluding hydrogens is 180 g/mol. The molecule has 0 saturated heterocycles. The SMILES string of the molecule is CC.CC(C)C(=O)[C@H](N)CN=C(N)N. The van der Waals surface area contributed by atoms with Crippen molar-refractivity contribution in [1.82, 2.24) is 0 Å². The van der Waals surface area contributed by atoms with Crippen LogP contribution in [0.2, 0.25) is 0 Å². The minimum atomic E-state index is -0.591. The van der Waals surface area contributed by atoms with Crippen LogP contribution < -0.4 is 17.2 Å². The van der Waals surface area contributed by atoms with Crippen LogP contribution in [0.1, 0.15) is 27.7 Å². The van der Waals surface area contributed by atoms with E-state index in [1.807, 2.05) is 13.8 Å². The van der Waals surface area contributed by atoms with E-state index < -0.39 is 6.04 Å². The zero-order valence-electron chi connectivity index (χ0n) is 9.45. The summed E-state index contributed by atoms with van der Waals surface area (Å²) in [4.78, 5) is 14.8. The van der Waals surface area contributed by atoms with E-state index in [1.54, 1.807) is 13.8 Å². The summed E-state index contributed by atoms with van der Waals surface area (Å²) in [6, 6.07) is -0.591. The monoisotopic (exact) mass is 202 g/mol. The molecule has 0 aliphatic carbocycles. The van der Waals surface area contributed by atoms with Crippen LogP contribution in [0.4, 0.5) is 0 Å². The molecule has 84 valence electrons. The van der Waals surface area contributed by atoms with Gasteiger partial charge in [-0.1, -0.05) is 27.7 Å². The Bertz CT molecular complexity index is 185. The van der Waals surface area contributed by atoms with E-state index in [2.05, 4.69) is 4.99 Å². The first-order valence-electron chi connectivity index (χ1n) is 4.79. The molecule has 1 atom stereocenters. The van der Waals surface area contributed by atoms with E-state index in [0.29, 0.717) is 0 Å². The van der Waals surface area contributed by atoms with Crippen molar-refractivity contribution in [1.29, 1.82) is 0 Å². The quantitative estimate of drug-likeness (QED) is 0.435. The molecule has 0 aromatic heterocycles. The van der Waals surface area contributed by atoms with E-state index in [9.17, 15) is 4.79 Å². The van der Waals surface area contributed by atoms with E-state index in [4.69, 9.17) is 17.2 Å². The summed E-state index contributed by atoms with van der Waals surface area (Å²) in [5.41, 5.74) is 15.7. The van der Waals surface area contributed by atoms with Crippen molar-refractivity contribution in [3.8, 4) is 0 Å². The molecule has 0 bridgehead atoms. The predicted molar refractivity (Wildman–Crippen MR) is 59.8 cm³/mol. The molecule has 0 aliphatic heterocycles. The zero-order valence-corrected chi connectivity index (χ0v) is 9.45. The third-order valence-electron chi connectivity index (χ3n) is 1.41. The van der Waals surface area contributed by atoms with Gasteiger partial charge in [-0.05, 0) is 0 Å². The number of aliphatic imine (C=N–C) groups is 1. The molecule has 5 nitrogen and oxygen atoms in total. The Morgan fingerprint density at radius 1 is 1.29 bits per heavy atom. The number of ketones is 1. The number of Topliss-reactive ketones (excluding diaryl/α,β-unsaturated/α-hetero) is 1. The van der Waals surface area contributed by atoms with Crippen molar-refractivity contribution in [3.63, 3.8) is 0 Å². The number of rotatable bonds is 4. The lowest BCUT2D eigenvalue weighted by atomic mass is 10.0. The van der Waals surface area contributed by atoms with Gasteiger partial charge in [0.05, 0.1) is 12.6 Å². The van der Waals surface area contributed by atoms with Gasteiger partial charge in [-0.2, -0.15) is 0 Å². The largest absolute Gasteiger partial charge is 0.370 e. The molecule has 0 rings (SSSR count). The van der Waals surface area contributed by atoms with Crippen LogP contribution in [0, 0.1) is 5.92 Å². The van der Waals surface area contributed by atoms with Gasteiger partial charge in [0.25, 0.3) is 0 Å². The van der Waals surface area contributed by atoms with Crippen LogP contribution in [-0.4, -0.2) is 24.3 Å². The molecule has 6 N–H and O–H groups in total. The number of guanidine groups is 1. The molecule has 0 aromatic carbocycles. The lowest BCUT2D eigenvalue weighted by molar-refractivity contribution is -0.122. The van der Waals surface area contributed by atoms with Gasteiger partial charge >= 0.3 is 0 Å². The van der Waals surface area contributed by atoms with Gasteiger partial charge < -0.3 is 17.2 Å². The Labute approximate surface area is 85.7 Å². The number of nitrogens with two attached hydrogens (primary N) is 3. The molecule has 0 saturated carbocycles. The highest BCUT2D eigenvalue weighted by atomic mass is 16.1. The van der Waals surface area contributed by atoms with Crippen molar-refractivity contribution >= 4 is 11.7 Å². The third kappa shape index (κ3) is 7.54. The van der Waals surface area contributed by atoms with Crippen molar-refractivity contribution in [3.05, 3.63) is 0 Å².